The summed E-state index contributed by atoms with van der Waals surface area (Å²) in [4.78, 5) is 9.71. The van der Waals surface area contributed by atoms with Crippen molar-refractivity contribution in [1.82, 2.24) is 23.7 Å². The number of para-hydroxylation sites is 3. The molecule has 5 aromatic carbocycles. The maximum absolute atomic E-state index is 5.33. The van der Waals surface area contributed by atoms with Crippen molar-refractivity contribution in [3.05, 3.63) is 164 Å². The first-order valence-corrected chi connectivity index (χ1v) is 15.8. The van der Waals surface area contributed by atoms with Crippen LogP contribution >= 0.6 is 0 Å². The van der Waals surface area contributed by atoms with Crippen molar-refractivity contribution in [3.8, 4) is 28.5 Å². The van der Waals surface area contributed by atoms with Crippen molar-refractivity contribution >= 4 is 54.5 Å². The first-order chi connectivity index (χ1) is 23.3. The summed E-state index contributed by atoms with van der Waals surface area (Å²) in [6.07, 6.45) is 5.85. The van der Waals surface area contributed by atoms with Crippen LogP contribution in [0.5, 0.6) is 0 Å². The molecule has 10 rings (SSSR count). The molecule has 0 unspecified atom stereocenters. The highest BCUT2D eigenvalue weighted by Crippen LogP contribution is 2.43. The predicted molar refractivity (Wildman–Crippen MR) is 193 cm³/mol. The first kappa shape index (κ1) is 25.8. The molecule has 5 nitrogen and oxygen atoms in total. The fourth-order valence-electron chi connectivity index (χ4n) is 7.37. The molecule has 0 aliphatic carbocycles. The lowest BCUT2D eigenvalue weighted by Crippen LogP contribution is -2.01. The molecule has 0 saturated carbocycles. The monoisotopic (exact) mass is 601 g/mol. The second kappa shape index (κ2) is 10.0. The number of rotatable bonds is 4. The largest absolute Gasteiger partial charge is 0.316 e. The molecule has 0 amide bonds. The average molecular weight is 602 g/mol. The van der Waals surface area contributed by atoms with Crippen molar-refractivity contribution in [3.63, 3.8) is 0 Å². The van der Waals surface area contributed by atoms with Crippen LogP contribution in [0.25, 0.3) is 83.0 Å². The standard InChI is InChI=1S/C42H27N5/c1-3-12-29(13-4-1)45-26-24-35-37(45)23-22-33-34-21-20-32-31-16-7-8-18-38(31)46(30-14-5-2-6-15-30)41(32)42(34)47(40(33)35)39-19-9-17-36(44-39)28-11-10-25-43-27-28/h1-27H. The Morgan fingerprint density at radius 3 is 1.94 bits per heavy atom. The summed E-state index contributed by atoms with van der Waals surface area (Å²) in [5, 5.41) is 5.99. The number of benzene rings is 5. The van der Waals surface area contributed by atoms with Crippen LogP contribution in [0.1, 0.15) is 0 Å². The number of nitrogens with zero attached hydrogens (tertiary/aromatic N) is 5. The molecular weight excluding hydrogens is 574 g/mol. The fourth-order valence-corrected chi connectivity index (χ4v) is 7.37. The van der Waals surface area contributed by atoms with Gasteiger partial charge in [-0.05, 0) is 66.7 Å². The summed E-state index contributed by atoms with van der Waals surface area (Å²) in [6, 6.07) is 51.6. The molecule has 0 aliphatic rings. The lowest BCUT2D eigenvalue weighted by molar-refractivity contribution is 1.08. The van der Waals surface area contributed by atoms with E-state index in [1.165, 1.54) is 32.4 Å². The van der Waals surface area contributed by atoms with Crippen LogP contribution in [0, 0.1) is 0 Å². The number of hydrogen-bond acceptors (Lipinski definition) is 2. The second-order valence-corrected chi connectivity index (χ2v) is 11.9. The molecule has 47 heavy (non-hydrogen) atoms. The van der Waals surface area contributed by atoms with E-state index in [0.29, 0.717) is 0 Å². The molecule has 0 N–H and O–H groups in total. The van der Waals surface area contributed by atoms with Gasteiger partial charge in [0, 0.05) is 62.5 Å². The highest BCUT2D eigenvalue weighted by Gasteiger charge is 2.23. The lowest BCUT2D eigenvalue weighted by atomic mass is 10.1. The van der Waals surface area contributed by atoms with Crippen LogP contribution in [0.2, 0.25) is 0 Å². The molecule has 0 atom stereocenters. The van der Waals surface area contributed by atoms with Gasteiger partial charge in [0.1, 0.15) is 5.82 Å². The van der Waals surface area contributed by atoms with Gasteiger partial charge in [-0.25, -0.2) is 4.98 Å². The van der Waals surface area contributed by atoms with E-state index in [1.54, 1.807) is 6.20 Å². The first-order valence-electron chi connectivity index (χ1n) is 15.8. The summed E-state index contributed by atoms with van der Waals surface area (Å²) in [5.41, 5.74) is 9.89. The summed E-state index contributed by atoms with van der Waals surface area (Å²) in [7, 11) is 0. The van der Waals surface area contributed by atoms with E-state index in [0.717, 1.165) is 50.5 Å². The second-order valence-electron chi connectivity index (χ2n) is 11.9. The van der Waals surface area contributed by atoms with Gasteiger partial charge < -0.3 is 9.13 Å². The Bertz CT molecular complexity index is 2770. The summed E-state index contributed by atoms with van der Waals surface area (Å²) >= 11 is 0. The van der Waals surface area contributed by atoms with E-state index in [1.807, 2.05) is 12.3 Å². The van der Waals surface area contributed by atoms with Gasteiger partial charge in [-0.1, -0.05) is 78.9 Å². The predicted octanol–water partition coefficient (Wildman–Crippen LogP) is 10.3. The van der Waals surface area contributed by atoms with Gasteiger partial charge in [0.15, 0.2) is 0 Å². The number of pyridine rings is 2. The Balaban J connectivity index is 1.42. The van der Waals surface area contributed by atoms with Gasteiger partial charge >= 0.3 is 0 Å². The molecule has 0 saturated heterocycles. The third-order valence-corrected chi connectivity index (χ3v) is 9.36. The van der Waals surface area contributed by atoms with Crippen molar-refractivity contribution in [2.75, 3.05) is 0 Å². The SMILES string of the molecule is c1ccc(-n2ccc3c2ccc2c4ccc5c6ccccc6n(-c6ccccc6)c5c4n(-c4cccc(-c5cccnc5)n4)c23)cc1. The molecule has 5 heteroatoms. The average Bonchev–Trinajstić information content (AvgIpc) is 3.83. The van der Waals surface area contributed by atoms with E-state index in [2.05, 4.69) is 164 Å². The lowest BCUT2D eigenvalue weighted by Gasteiger charge is -2.13. The molecule has 0 aliphatic heterocycles. The van der Waals surface area contributed by atoms with Crippen LogP contribution in [0.3, 0.4) is 0 Å². The van der Waals surface area contributed by atoms with Crippen LogP contribution < -0.4 is 0 Å². The van der Waals surface area contributed by atoms with E-state index >= 15 is 0 Å². The Morgan fingerprint density at radius 1 is 0.426 bits per heavy atom. The highest BCUT2D eigenvalue weighted by molar-refractivity contribution is 6.26. The summed E-state index contributed by atoms with van der Waals surface area (Å²) in [5.74, 6) is 0.865. The highest BCUT2D eigenvalue weighted by atomic mass is 15.1. The zero-order chi connectivity index (χ0) is 30.9. The van der Waals surface area contributed by atoms with Crippen molar-refractivity contribution in [2.24, 2.45) is 0 Å². The zero-order valence-corrected chi connectivity index (χ0v) is 25.3. The van der Waals surface area contributed by atoms with E-state index in [-0.39, 0.29) is 0 Å². The van der Waals surface area contributed by atoms with Gasteiger partial charge in [0.05, 0.1) is 33.3 Å². The van der Waals surface area contributed by atoms with Crippen molar-refractivity contribution < 1.29 is 0 Å². The minimum absolute atomic E-state index is 0.865. The fraction of sp³-hybridized carbons (Fsp3) is 0. The quantitative estimate of drug-likeness (QED) is 0.201. The Kier molecular flexibility index (Phi) is 5.51. The van der Waals surface area contributed by atoms with Gasteiger partial charge in [0.2, 0.25) is 0 Å². The molecule has 0 radical (unpaired) electrons. The minimum atomic E-state index is 0.865. The molecule has 0 fully saturated rings. The smallest absolute Gasteiger partial charge is 0.138 e. The van der Waals surface area contributed by atoms with E-state index < -0.39 is 0 Å². The summed E-state index contributed by atoms with van der Waals surface area (Å²) in [6.45, 7) is 0. The van der Waals surface area contributed by atoms with E-state index in [9.17, 15) is 0 Å². The molecule has 5 aromatic heterocycles. The number of aromatic nitrogens is 5. The van der Waals surface area contributed by atoms with Gasteiger partial charge in [0.25, 0.3) is 0 Å². The molecular formula is C42H27N5. The maximum atomic E-state index is 5.33. The molecule has 10 aromatic rings. The normalized spacial score (nSPS) is 11.8. The molecule has 220 valence electrons. The van der Waals surface area contributed by atoms with Crippen LogP contribution in [0.4, 0.5) is 0 Å². The molecule has 0 spiro atoms. The van der Waals surface area contributed by atoms with Crippen LogP contribution in [-0.4, -0.2) is 23.7 Å². The Labute approximate surface area is 270 Å². The Hall–Kier alpha value is -6.46. The molecule has 0 bridgehead atoms. The Morgan fingerprint density at radius 2 is 1.13 bits per heavy atom. The van der Waals surface area contributed by atoms with Crippen LogP contribution in [0.15, 0.2) is 164 Å². The third kappa shape index (κ3) is 3.77. The van der Waals surface area contributed by atoms with Crippen molar-refractivity contribution in [1.29, 1.82) is 0 Å². The van der Waals surface area contributed by atoms with Crippen LogP contribution in [-0.2, 0) is 0 Å². The summed E-state index contributed by atoms with van der Waals surface area (Å²) < 4.78 is 7.08. The van der Waals surface area contributed by atoms with E-state index in [4.69, 9.17) is 4.98 Å². The number of fused-ring (bicyclic) bond motifs is 9. The number of hydrogen-bond donors (Lipinski definition) is 0. The van der Waals surface area contributed by atoms with Gasteiger partial charge in [-0.3, -0.25) is 9.55 Å². The topological polar surface area (TPSA) is 40.6 Å². The van der Waals surface area contributed by atoms with Crippen molar-refractivity contribution in [2.45, 2.75) is 0 Å². The van der Waals surface area contributed by atoms with Gasteiger partial charge in [-0.15, -0.1) is 0 Å². The zero-order valence-electron chi connectivity index (χ0n) is 25.3. The maximum Gasteiger partial charge on any atom is 0.138 e. The molecule has 5 heterocycles. The third-order valence-electron chi connectivity index (χ3n) is 9.36. The minimum Gasteiger partial charge on any atom is -0.316 e. The van der Waals surface area contributed by atoms with Gasteiger partial charge in [-0.2, -0.15) is 0 Å².